The lowest BCUT2D eigenvalue weighted by molar-refractivity contribution is 0.399. The topological polar surface area (TPSA) is 68.2 Å². The van der Waals surface area contributed by atoms with Crippen LogP contribution in [-0.2, 0) is 6.54 Å². The zero-order valence-electron chi connectivity index (χ0n) is 15.8. The molecule has 0 amide bonds. The number of nitrogens with zero attached hydrogens (tertiary/aromatic N) is 4. The van der Waals surface area contributed by atoms with E-state index in [2.05, 4.69) is 49.2 Å². The van der Waals surface area contributed by atoms with Gasteiger partial charge < -0.3 is 13.8 Å². The molecule has 6 nitrogen and oxygen atoms in total. The molecule has 2 aromatic heterocycles. The van der Waals surface area contributed by atoms with Gasteiger partial charge in [0.15, 0.2) is 0 Å². The molecular weight excluding hydrogens is 420 g/mol. The molecule has 28 heavy (non-hydrogen) atoms. The molecule has 0 aliphatic carbocycles. The third-order valence-corrected chi connectivity index (χ3v) is 5.44. The molecule has 4 aromatic rings. The number of hydrogen-bond donors (Lipinski definition) is 0. The van der Waals surface area contributed by atoms with Gasteiger partial charge in [-0.15, -0.1) is 10.2 Å². The Kier molecular flexibility index (Phi) is 5.00. The summed E-state index contributed by atoms with van der Waals surface area (Å²) in [7, 11) is 1.99. The van der Waals surface area contributed by atoms with E-state index in [1.807, 2.05) is 56.4 Å². The first-order chi connectivity index (χ1) is 13.5. The van der Waals surface area contributed by atoms with E-state index in [0.717, 1.165) is 21.3 Å². The smallest absolute Gasteiger partial charge is 0.253 e. The highest BCUT2D eigenvalue weighted by Crippen LogP contribution is 2.33. The Hall–Kier alpha value is -2.93. The zero-order valence-corrected chi connectivity index (χ0v) is 17.4. The molecule has 0 bridgehead atoms. The second kappa shape index (κ2) is 7.59. The van der Waals surface area contributed by atoms with Gasteiger partial charge >= 0.3 is 0 Å². The van der Waals surface area contributed by atoms with Gasteiger partial charge in [0.2, 0.25) is 5.89 Å². The third kappa shape index (κ3) is 3.57. The molecule has 0 N–H and O–H groups in total. The van der Waals surface area contributed by atoms with Crippen molar-refractivity contribution < 1.29 is 8.94 Å². The summed E-state index contributed by atoms with van der Waals surface area (Å²) in [4.78, 5) is 2.06. The van der Waals surface area contributed by atoms with Crippen LogP contribution in [-0.4, -0.2) is 22.4 Å². The van der Waals surface area contributed by atoms with Gasteiger partial charge in [-0.05, 0) is 37.6 Å². The van der Waals surface area contributed by atoms with E-state index in [4.69, 9.17) is 8.94 Å². The Morgan fingerprint density at radius 2 is 1.82 bits per heavy atom. The summed E-state index contributed by atoms with van der Waals surface area (Å²) in [5.41, 5.74) is 4.61. The number of halogens is 1. The molecular formula is C21H19BrN4O2. The van der Waals surface area contributed by atoms with Crippen LogP contribution in [0.2, 0.25) is 0 Å². The molecule has 0 unspecified atom stereocenters. The monoisotopic (exact) mass is 438 g/mol. The van der Waals surface area contributed by atoms with Crippen molar-refractivity contribution in [2.24, 2.45) is 0 Å². The number of aryl methyl sites for hydroxylation is 2. The average molecular weight is 439 g/mol. The van der Waals surface area contributed by atoms with Crippen molar-refractivity contribution in [3.05, 3.63) is 70.2 Å². The average Bonchev–Trinajstić information content (AvgIpc) is 3.30. The van der Waals surface area contributed by atoms with Gasteiger partial charge in [0.25, 0.3) is 5.89 Å². The molecule has 0 spiro atoms. The van der Waals surface area contributed by atoms with Crippen molar-refractivity contribution >= 4 is 21.6 Å². The Balaban J connectivity index is 1.60. The van der Waals surface area contributed by atoms with E-state index in [1.165, 1.54) is 5.56 Å². The minimum absolute atomic E-state index is 0.410. The van der Waals surface area contributed by atoms with E-state index in [1.54, 1.807) is 0 Å². The van der Waals surface area contributed by atoms with Crippen molar-refractivity contribution in [2.75, 3.05) is 11.9 Å². The Morgan fingerprint density at radius 3 is 2.57 bits per heavy atom. The van der Waals surface area contributed by atoms with Gasteiger partial charge in [-0.3, -0.25) is 0 Å². The molecule has 2 aromatic carbocycles. The maximum atomic E-state index is 5.94. The van der Waals surface area contributed by atoms with Gasteiger partial charge in [0.05, 0.1) is 6.54 Å². The van der Waals surface area contributed by atoms with Gasteiger partial charge in [0.1, 0.15) is 17.0 Å². The first-order valence-electron chi connectivity index (χ1n) is 8.84. The number of rotatable bonds is 5. The minimum atomic E-state index is 0.410. The Morgan fingerprint density at radius 1 is 1.04 bits per heavy atom. The Labute approximate surface area is 171 Å². The van der Waals surface area contributed by atoms with Gasteiger partial charge in [-0.1, -0.05) is 51.4 Å². The van der Waals surface area contributed by atoms with Crippen LogP contribution < -0.4 is 4.90 Å². The second-order valence-electron chi connectivity index (χ2n) is 6.62. The standard InChI is InChI=1S/C21H19BrN4O2/c1-13-11-16(9-10-17(13)22)26(3)12-18-23-24-21(27-18)19-14(2)28-25-20(19)15-7-5-4-6-8-15/h4-11H,12H2,1-3H3. The second-order valence-corrected chi connectivity index (χ2v) is 7.47. The van der Waals surface area contributed by atoms with Crippen molar-refractivity contribution in [1.29, 1.82) is 0 Å². The maximum Gasteiger partial charge on any atom is 0.253 e. The highest BCUT2D eigenvalue weighted by molar-refractivity contribution is 9.10. The number of anilines is 1. The Bertz CT molecular complexity index is 1100. The zero-order chi connectivity index (χ0) is 19.7. The van der Waals surface area contributed by atoms with Crippen molar-refractivity contribution in [3.8, 4) is 22.7 Å². The normalized spacial score (nSPS) is 11.0. The van der Waals surface area contributed by atoms with Crippen LogP contribution >= 0.6 is 15.9 Å². The highest BCUT2D eigenvalue weighted by atomic mass is 79.9. The fourth-order valence-electron chi connectivity index (χ4n) is 3.00. The van der Waals surface area contributed by atoms with E-state index < -0.39 is 0 Å². The van der Waals surface area contributed by atoms with Crippen molar-refractivity contribution in [1.82, 2.24) is 15.4 Å². The molecule has 2 heterocycles. The fraction of sp³-hybridized carbons (Fsp3) is 0.190. The van der Waals surface area contributed by atoms with Crippen LogP contribution in [0.4, 0.5) is 5.69 Å². The molecule has 0 saturated carbocycles. The largest absolute Gasteiger partial charge is 0.419 e. The summed E-state index contributed by atoms with van der Waals surface area (Å²) in [5, 5.41) is 12.6. The van der Waals surface area contributed by atoms with Crippen molar-refractivity contribution in [2.45, 2.75) is 20.4 Å². The summed E-state index contributed by atoms with van der Waals surface area (Å²) < 4.78 is 12.4. The molecule has 0 saturated heterocycles. The molecule has 0 fully saturated rings. The third-order valence-electron chi connectivity index (χ3n) is 4.55. The van der Waals surface area contributed by atoms with E-state index >= 15 is 0 Å². The first kappa shape index (κ1) is 18.4. The molecule has 7 heteroatoms. The highest BCUT2D eigenvalue weighted by Gasteiger charge is 2.22. The fourth-order valence-corrected chi connectivity index (χ4v) is 3.24. The van der Waals surface area contributed by atoms with Crippen LogP contribution in [0.1, 0.15) is 17.2 Å². The number of benzene rings is 2. The van der Waals surface area contributed by atoms with E-state index in [9.17, 15) is 0 Å². The SMILES string of the molecule is Cc1cc(N(C)Cc2nnc(-c3c(-c4ccccc4)noc3C)o2)ccc1Br. The molecule has 4 rings (SSSR count). The van der Waals surface area contributed by atoms with Crippen LogP contribution in [0, 0.1) is 13.8 Å². The van der Waals surface area contributed by atoms with Crippen molar-refractivity contribution in [3.63, 3.8) is 0 Å². The van der Waals surface area contributed by atoms with Crippen LogP contribution in [0.3, 0.4) is 0 Å². The summed E-state index contributed by atoms with van der Waals surface area (Å²) in [6, 6.07) is 16.0. The van der Waals surface area contributed by atoms with Crippen LogP contribution in [0.5, 0.6) is 0 Å². The van der Waals surface area contributed by atoms with E-state index in [-0.39, 0.29) is 0 Å². The van der Waals surface area contributed by atoms with Crippen LogP contribution in [0.25, 0.3) is 22.7 Å². The summed E-state index contributed by atoms with van der Waals surface area (Å²) in [6.45, 7) is 4.40. The molecule has 0 aliphatic rings. The quantitative estimate of drug-likeness (QED) is 0.414. The van der Waals surface area contributed by atoms with Gasteiger partial charge in [-0.25, -0.2) is 0 Å². The first-order valence-corrected chi connectivity index (χ1v) is 9.64. The predicted octanol–water partition coefficient (Wildman–Crippen LogP) is 5.41. The van der Waals surface area contributed by atoms with Gasteiger partial charge in [-0.2, -0.15) is 0 Å². The predicted molar refractivity (Wildman–Crippen MR) is 111 cm³/mol. The molecule has 0 aliphatic heterocycles. The summed E-state index contributed by atoms with van der Waals surface area (Å²) in [6.07, 6.45) is 0. The lowest BCUT2D eigenvalue weighted by Gasteiger charge is -2.17. The molecule has 0 radical (unpaired) electrons. The van der Waals surface area contributed by atoms with Gasteiger partial charge in [0, 0.05) is 22.8 Å². The number of aromatic nitrogens is 3. The summed E-state index contributed by atoms with van der Waals surface area (Å²) >= 11 is 3.53. The lowest BCUT2D eigenvalue weighted by Crippen LogP contribution is -2.16. The molecule has 142 valence electrons. The minimum Gasteiger partial charge on any atom is -0.419 e. The van der Waals surface area contributed by atoms with E-state index in [0.29, 0.717) is 29.8 Å². The number of hydrogen-bond acceptors (Lipinski definition) is 6. The lowest BCUT2D eigenvalue weighted by atomic mass is 10.1. The van der Waals surface area contributed by atoms with Crippen LogP contribution in [0.15, 0.2) is 61.9 Å². The summed E-state index contributed by atoms with van der Waals surface area (Å²) in [5.74, 6) is 1.58. The maximum absolute atomic E-state index is 5.94. The molecule has 0 atom stereocenters.